The number of nitrogens with one attached hydrogen (secondary N) is 1. The quantitative estimate of drug-likeness (QED) is 0.642. The van der Waals surface area contributed by atoms with Crippen molar-refractivity contribution in [2.45, 2.75) is 6.92 Å². The summed E-state index contributed by atoms with van der Waals surface area (Å²) < 4.78 is 18.9. The minimum atomic E-state index is -0.482. The van der Waals surface area contributed by atoms with Crippen molar-refractivity contribution in [3.05, 3.63) is 52.3 Å². The molecule has 6 heteroatoms. The molecule has 0 saturated carbocycles. The standard InChI is InChI=1S/C15H14BrFN2O2/c1-2-21-15(20)10-4-3-5-13(18)14(10)19-9-6-7-11(16)12(17)8-9/h3-8,19H,2,18H2,1H3. The third-order valence-electron chi connectivity index (χ3n) is 2.78. The minimum Gasteiger partial charge on any atom is -0.462 e. The number of ether oxygens (including phenoxy) is 1. The molecule has 0 aliphatic carbocycles. The van der Waals surface area contributed by atoms with Crippen LogP contribution in [0.15, 0.2) is 40.9 Å². The highest BCUT2D eigenvalue weighted by Crippen LogP contribution is 2.29. The molecule has 0 unspecified atom stereocenters. The fraction of sp³-hybridized carbons (Fsp3) is 0.133. The first kappa shape index (κ1) is 15.3. The molecule has 0 bridgehead atoms. The molecular weight excluding hydrogens is 339 g/mol. The first-order valence-electron chi connectivity index (χ1n) is 6.30. The van der Waals surface area contributed by atoms with Crippen LogP contribution in [0.1, 0.15) is 17.3 Å². The van der Waals surface area contributed by atoms with Gasteiger partial charge in [0.25, 0.3) is 0 Å². The third kappa shape index (κ3) is 3.52. The van der Waals surface area contributed by atoms with Gasteiger partial charge in [-0.2, -0.15) is 0 Å². The van der Waals surface area contributed by atoms with E-state index < -0.39 is 11.8 Å². The van der Waals surface area contributed by atoms with E-state index in [2.05, 4.69) is 21.2 Å². The van der Waals surface area contributed by atoms with Crippen molar-refractivity contribution >= 4 is 39.0 Å². The van der Waals surface area contributed by atoms with Crippen LogP contribution >= 0.6 is 15.9 Å². The van der Waals surface area contributed by atoms with Gasteiger partial charge < -0.3 is 15.8 Å². The maximum atomic E-state index is 13.6. The van der Waals surface area contributed by atoms with E-state index in [1.165, 1.54) is 6.07 Å². The van der Waals surface area contributed by atoms with Gasteiger partial charge in [0, 0.05) is 5.69 Å². The first-order chi connectivity index (χ1) is 10.0. The van der Waals surface area contributed by atoms with Gasteiger partial charge in [-0.25, -0.2) is 9.18 Å². The number of nitrogens with two attached hydrogens (primary N) is 1. The molecule has 0 aliphatic heterocycles. The molecule has 21 heavy (non-hydrogen) atoms. The zero-order valence-corrected chi connectivity index (χ0v) is 12.9. The predicted molar refractivity (Wildman–Crippen MR) is 84.2 cm³/mol. The second-order valence-electron chi connectivity index (χ2n) is 4.24. The molecule has 4 nitrogen and oxygen atoms in total. The molecule has 110 valence electrons. The first-order valence-corrected chi connectivity index (χ1v) is 7.10. The number of para-hydroxylation sites is 1. The summed E-state index contributed by atoms with van der Waals surface area (Å²) >= 11 is 3.09. The Balaban J connectivity index is 2.38. The number of benzene rings is 2. The van der Waals surface area contributed by atoms with Gasteiger partial charge in [0.1, 0.15) is 5.82 Å². The molecule has 0 atom stereocenters. The average Bonchev–Trinajstić information content (AvgIpc) is 2.45. The monoisotopic (exact) mass is 352 g/mol. The molecule has 2 rings (SSSR count). The number of nitrogen functional groups attached to an aromatic ring is 1. The topological polar surface area (TPSA) is 64.3 Å². The van der Waals surface area contributed by atoms with Crippen molar-refractivity contribution < 1.29 is 13.9 Å². The third-order valence-corrected chi connectivity index (χ3v) is 3.42. The van der Waals surface area contributed by atoms with Crippen LogP contribution in [0.3, 0.4) is 0 Å². The van der Waals surface area contributed by atoms with E-state index in [-0.39, 0.29) is 6.61 Å². The lowest BCUT2D eigenvalue weighted by molar-refractivity contribution is 0.0527. The normalized spacial score (nSPS) is 10.2. The highest BCUT2D eigenvalue weighted by atomic mass is 79.9. The molecule has 0 aromatic heterocycles. The van der Waals surface area contributed by atoms with Crippen molar-refractivity contribution in [1.82, 2.24) is 0 Å². The van der Waals surface area contributed by atoms with Gasteiger partial charge in [0.2, 0.25) is 0 Å². The maximum absolute atomic E-state index is 13.6. The Morgan fingerprint density at radius 3 is 2.81 bits per heavy atom. The summed E-state index contributed by atoms with van der Waals surface area (Å²) in [4.78, 5) is 11.9. The van der Waals surface area contributed by atoms with E-state index in [9.17, 15) is 9.18 Å². The summed E-state index contributed by atoms with van der Waals surface area (Å²) in [5, 5.41) is 2.96. The van der Waals surface area contributed by atoms with Crippen LogP contribution in [0.25, 0.3) is 0 Å². The van der Waals surface area contributed by atoms with Gasteiger partial charge in [-0.1, -0.05) is 6.07 Å². The molecule has 2 aromatic carbocycles. The number of hydrogen-bond acceptors (Lipinski definition) is 4. The average molecular weight is 353 g/mol. The van der Waals surface area contributed by atoms with Crippen molar-refractivity contribution in [1.29, 1.82) is 0 Å². The molecule has 0 spiro atoms. The SMILES string of the molecule is CCOC(=O)c1cccc(N)c1Nc1ccc(Br)c(F)c1. The fourth-order valence-electron chi connectivity index (χ4n) is 1.81. The Bertz CT molecular complexity index is 677. The smallest absolute Gasteiger partial charge is 0.340 e. The van der Waals surface area contributed by atoms with Crippen LogP contribution in [0, 0.1) is 5.82 Å². The second-order valence-corrected chi connectivity index (χ2v) is 5.10. The number of hydrogen-bond donors (Lipinski definition) is 2. The lowest BCUT2D eigenvalue weighted by atomic mass is 10.1. The second kappa shape index (κ2) is 6.58. The Kier molecular flexibility index (Phi) is 4.80. The molecule has 0 fully saturated rings. The summed E-state index contributed by atoms with van der Waals surface area (Å²) in [6.07, 6.45) is 0. The van der Waals surface area contributed by atoms with Gasteiger partial charge in [-0.05, 0) is 53.2 Å². The van der Waals surface area contributed by atoms with Gasteiger partial charge in [-0.3, -0.25) is 0 Å². The van der Waals surface area contributed by atoms with E-state index in [4.69, 9.17) is 10.5 Å². The molecule has 3 N–H and O–H groups in total. The summed E-state index contributed by atoms with van der Waals surface area (Å²) in [6, 6.07) is 9.47. The number of rotatable bonds is 4. The largest absolute Gasteiger partial charge is 0.462 e. The van der Waals surface area contributed by atoms with Crippen molar-refractivity contribution in [2.75, 3.05) is 17.7 Å². The number of carbonyl (C=O) groups is 1. The Labute approximate surface area is 130 Å². The lowest BCUT2D eigenvalue weighted by Gasteiger charge is -2.14. The van der Waals surface area contributed by atoms with E-state index >= 15 is 0 Å². The molecule has 0 saturated heterocycles. The molecule has 0 radical (unpaired) electrons. The minimum absolute atomic E-state index is 0.264. The molecule has 2 aromatic rings. The highest BCUT2D eigenvalue weighted by Gasteiger charge is 2.15. The van der Waals surface area contributed by atoms with Crippen molar-refractivity contribution in [2.24, 2.45) is 0 Å². The van der Waals surface area contributed by atoms with E-state index in [0.29, 0.717) is 27.1 Å². The van der Waals surface area contributed by atoms with Gasteiger partial charge in [-0.15, -0.1) is 0 Å². The maximum Gasteiger partial charge on any atom is 0.340 e. The summed E-state index contributed by atoms with van der Waals surface area (Å²) in [7, 11) is 0. The van der Waals surface area contributed by atoms with E-state index in [0.717, 1.165) is 0 Å². The Morgan fingerprint density at radius 2 is 2.14 bits per heavy atom. The lowest BCUT2D eigenvalue weighted by Crippen LogP contribution is -2.09. The summed E-state index contributed by atoms with van der Waals surface area (Å²) in [5.74, 6) is -0.892. The zero-order chi connectivity index (χ0) is 15.4. The van der Waals surface area contributed by atoms with Crippen LogP contribution in [-0.2, 0) is 4.74 Å². The molecule has 0 amide bonds. The van der Waals surface area contributed by atoms with Crippen LogP contribution < -0.4 is 11.1 Å². The molecule has 0 aliphatic rings. The van der Waals surface area contributed by atoms with Gasteiger partial charge in [0.15, 0.2) is 0 Å². The van der Waals surface area contributed by atoms with E-state index in [1.807, 2.05) is 0 Å². The molecule has 0 heterocycles. The Hall–Kier alpha value is -2.08. The van der Waals surface area contributed by atoms with E-state index in [1.54, 1.807) is 37.3 Å². The van der Waals surface area contributed by atoms with Crippen molar-refractivity contribution in [3.63, 3.8) is 0 Å². The number of halogens is 2. The number of carbonyl (C=O) groups excluding carboxylic acids is 1. The summed E-state index contributed by atoms with van der Waals surface area (Å²) in [5.41, 5.74) is 7.47. The van der Waals surface area contributed by atoms with Gasteiger partial charge >= 0.3 is 5.97 Å². The predicted octanol–water partition coefficient (Wildman–Crippen LogP) is 4.09. The van der Waals surface area contributed by atoms with Crippen LogP contribution in [0.5, 0.6) is 0 Å². The number of anilines is 3. The van der Waals surface area contributed by atoms with Crippen LogP contribution in [0.2, 0.25) is 0 Å². The molecular formula is C15H14BrFN2O2. The zero-order valence-electron chi connectivity index (χ0n) is 11.3. The number of esters is 1. The summed E-state index contributed by atoms with van der Waals surface area (Å²) in [6.45, 7) is 1.99. The fourth-order valence-corrected chi connectivity index (χ4v) is 2.05. The van der Waals surface area contributed by atoms with Gasteiger partial charge in [0.05, 0.1) is 28.0 Å². The Morgan fingerprint density at radius 1 is 1.38 bits per heavy atom. The highest BCUT2D eigenvalue weighted by molar-refractivity contribution is 9.10. The van der Waals surface area contributed by atoms with Crippen LogP contribution in [0.4, 0.5) is 21.5 Å². The van der Waals surface area contributed by atoms with Crippen LogP contribution in [-0.4, -0.2) is 12.6 Å². The van der Waals surface area contributed by atoms with Crippen molar-refractivity contribution in [3.8, 4) is 0 Å².